The van der Waals surface area contributed by atoms with E-state index in [1.54, 1.807) is 0 Å². The predicted molar refractivity (Wildman–Crippen MR) is 57.3 cm³/mol. The van der Waals surface area contributed by atoms with Gasteiger partial charge in [-0.25, -0.2) is 4.98 Å². The average Bonchev–Trinajstić information content (AvgIpc) is 2.69. The van der Waals surface area contributed by atoms with Crippen LogP contribution in [0.2, 0.25) is 5.15 Å². The van der Waals surface area contributed by atoms with Gasteiger partial charge in [0.15, 0.2) is 0 Å². The van der Waals surface area contributed by atoms with E-state index in [2.05, 4.69) is 4.98 Å². The Morgan fingerprint density at radius 3 is 2.67 bits per heavy atom. The number of hydrogen-bond donors (Lipinski definition) is 0. The monoisotopic (exact) mass is 227 g/mol. The minimum absolute atomic E-state index is 0.00287. The number of rotatable bonds is 2. The molecular weight excluding hydrogens is 218 g/mol. The Balaban J connectivity index is 2.34. The second-order valence-electron chi connectivity index (χ2n) is 3.46. The van der Waals surface area contributed by atoms with Gasteiger partial charge in [-0.15, -0.1) is 0 Å². The SMILES string of the molecule is O=[N+]([O-])c1cc(Cl)nc(N2CCCC2)c1. The van der Waals surface area contributed by atoms with Gasteiger partial charge in [-0.2, -0.15) is 0 Å². The zero-order chi connectivity index (χ0) is 10.8. The van der Waals surface area contributed by atoms with Crippen molar-refractivity contribution in [3.8, 4) is 0 Å². The number of hydrogen-bond acceptors (Lipinski definition) is 4. The smallest absolute Gasteiger partial charge is 0.276 e. The van der Waals surface area contributed by atoms with Gasteiger partial charge < -0.3 is 4.90 Å². The molecule has 80 valence electrons. The van der Waals surface area contributed by atoms with E-state index in [-0.39, 0.29) is 10.8 Å². The highest BCUT2D eigenvalue weighted by Crippen LogP contribution is 2.25. The van der Waals surface area contributed by atoms with Crippen LogP contribution < -0.4 is 4.90 Å². The molecule has 0 aromatic carbocycles. The lowest BCUT2D eigenvalue weighted by atomic mass is 10.4. The maximum absolute atomic E-state index is 10.6. The zero-order valence-corrected chi connectivity index (χ0v) is 8.78. The summed E-state index contributed by atoms with van der Waals surface area (Å²) >= 11 is 5.73. The molecule has 1 saturated heterocycles. The summed E-state index contributed by atoms with van der Waals surface area (Å²) in [5, 5.41) is 10.8. The van der Waals surface area contributed by atoms with Crippen molar-refractivity contribution in [2.75, 3.05) is 18.0 Å². The Morgan fingerprint density at radius 2 is 2.07 bits per heavy atom. The fourth-order valence-corrected chi connectivity index (χ4v) is 1.88. The molecule has 0 radical (unpaired) electrons. The first kappa shape index (κ1) is 10.2. The molecule has 1 aliphatic rings. The van der Waals surface area contributed by atoms with Crippen LogP contribution in [0.4, 0.5) is 11.5 Å². The summed E-state index contributed by atoms with van der Waals surface area (Å²) < 4.78 is 0. The number of pyridine rings is 1. The number of anilines is 1. The van der Waals surface area contributed by atoms with Crippen molar-refractivity contribution in [2.24, 2.45) is 0 Å². The van der Waals surface area contributed by atoms with E-state index < -0.39 is 4.92 Å². The first-order valence-electron chi connectivity index (χ1n) is 4.74. The topological polar surface area (TPSA) is 59.3 Å². The molecule has 0 bridgehead atoms. The molecule has 1 aliphatic heterocycles. The second kappa shape index (κ2) is 4.02. The Hall–Kier alpha value is -1.36. The van der Waals surface area contributed by atoms with Gasteiger partial charge in [-0.3, -0.25) is 10.1 Å². The molecule has 0 aliphatic carbocycles. The molecule has 1 aromatic heterocycles. The van der Waals surface area contributed by atoms with Gasteiger partial charge in [0, 0.05) is 13.1 Å². The van der Waals surface area contributed by atoms with Gasteiger partial charge in [0.2, 0.25) is 0 Å². The molecule has 0 atom stereocenters. The molecule has 0 spiro atoms. The van der Waals surface area contributed by atoms with Crippen molar-refractivity contribution in [1.82, 2.24) is 4.98 Å². The van der Waals surface area contributed by atoms with Crippen LogP contribution in [0.15, 0.2) is 12.1 Å². The van der Waals surface area contributed by atoms with Gasteiger partial charge in [0.25, 0.3) is 5.69 Å². The maximum atomic E-state index is 10.6. The van der Waals surface area contributed by atoms with Crippen molar-refractivity contribution in [2.45, 2.75) is 12.8 Å². The molecular formula is C9H10ClN3O2. The molecule has 0 saturated carbocycles. The highest BCUT2D eigenvalue weighted by molar-refractivity contribution is 6.29. The highest BCUT2D eigenvalue weighted by Gasteiger charge is 2.17. The summed E-state index contributed by atoms with van der Waals surface area (Å²) in [7, 11) is 0. The number of halogens is 1. The van der Waals surface area contributed by atoms with Crippen LogP contribution in [-0.4, -0.2) is 23.0 Å². The van der Waals surface area contributed by atoms with Gasteiger partial charge in [-0.1, -0.05) is 11.6 Å². The molecule has 15 heavy (non-hydrogen) atoms. The van der Waals surface area contributed by atoms with Gasteiger partial charge in [0.05, 0.1) is 17.1 Å². The van der Waals surface area contributed by atoms with Crippen LogP contribution in [0.3, 0.4) is 0 Å². The molecule has 1 aromatic rings. The fourth-order valence-electron chi connectivity index (χ4n) is 1.68. The van der Waals surface area contributed by atoms with Gasteiger partial charge >= 0.3 is 0 Å². The zero-order valence-electron chi connectivity index (χ0n) is 8.02. The van der Waals surface area contributed by atoms with E-state index in [0.717, 1.165) is 25.9 Å². The van der Waals surface area contributed by atoms with Gasteiger partial charge in [-0.05, 0) is 12.8 Å². The van der Waals surface area contributed by atoms with Gasteiger partial charge in [0.1, 0.15) is 11.0 Å². The second-order valence-corrected chi connectivity index (χ2v) is 3.84. The van der Waals surface area contributed by atoms with E-state index >= 15 is 0 Å². The first-order valence-corrected chi connectivity index (χ1v) is 5.11. The van der Waals surface area contributed by atoms with Crippen molar-refractivity contribution in [3.05, 3.63) is 27.4 Å². The maximum Gasteiger partial charge on any atom is 0.276 e. The van der Waals surface area contributed by atoms with Crippen molar-refractivity contribution in [1.29, 1.82) is 0 Å². The molecule has 0 amide bonds. The van der Waals surface area contributed by atoms with Crippen LogP contribution in [0, 0.1) is 10.1 Å². The Labute approximate surface area is 91.8 Å². The highest BCUT2D eigenvalue weighted by atomic mass is 35.5. The van der Waals surface area contributed by atoms with Crippen LogP contribution in [-0.2, 0) is 0 Å². The van der Waals surface area contributed by atoms with E-state index in [4.69, 9.17) is 11.6 Å². The molecule has 5 nitrogen and oxygen atoms in total. The van der Waals surface area contributed by atoms with E-state index in [0.29, 0.717) is 5.82 Å². The molecule has 6 heteroatoms. The van der Waals surface area contributed by atoms with Crippen LogP contribution in [0.5, 0.6) is 0 Å². The summed E-state index contributed by atoms with van der Waals surface area (Å²) in [4.78, 5) is 16.3. The predicted octanol–water partition coefficient (Wildman–Crippen LogP) is 2.24. The summed E-state index contributed by atoms with van der Waals surface area (Å²) in [5.41, 5.74) is -0.00287. The quantitative estimate of drug-likeness (QED) is 0.442. The lowest BCUT2D eigenvalue weighted by molar-refractivity contribution is -0.384. The summed E-state index contributed by atoms with van der Waals surface area (Å²) in [6.07, 6.45) is 2.20. The average molecular weight is 228 g/mol. The third-order valence-corrected chi connectivity index (χ3v) is 2.60. The van der Waals surface area contributed by atoms with Crippen molar-refractivity contribution in [3.63, 3.8) is 0 Å². The van der Waals surface area contributed by atoms with Crippen molar-refractivity contribution < 1.29 is 4.92 Å². The Bertz CT molecular complexity index is 391. The van der Waals surface area contributed by atoms with E-state index in [1.165, 1.54) is 12.1 Å². The van der Waals surface area contributed by atoms with Crippen LogP contribution >= 0.6 is 11.6 Å². The summed E-state index contributed by atoms with van der Waals surface area (Å²) in [6.45, 7) is 1.79. The largest absolute Gasteiger partial charge is 0.356 e. The molecule has 2 rings (SSSR count). The standard InChI is InChI=1S/C9H10ClN3O2/c10-8-5-7(13(14)15)6-9(11-8)12-3-1-2-4-12/h5-6H,1-4H2. The number of nitrogens with zero attached hydrogens (tertiary/aromatic N) is 3. The molecule has 1 fully saturated rings. The molecule has 0 unspecified atom stereocenters. The molecule has 0 N–H and O–H groups in total. The minimum Gasteiger partial charge on any atom is -0.356 e. The summed E-state index contributed by atoms with van der Waals surface area (Å²) in [6, 6.07) is 2.73. The third kappa shape index (κ3) is 2.18. The lowest BCUT2D eigenvalue weighted by Crippen LogP contribution is -2.19. The minimum atomic E-state index is -0.451. The number of nitro groups is 1. The Morgan fingerprint density at radius 1 is 1.40 bits per heavy atom. The normalized spacial score (nSPS) is 15.7. The Kier molecular flexibility index (Phi) is 2.73. The first-order chi connectivity index (χ1) is 7.16. The molecule has 2 heterocycles. The van der Waals surface area contributed by atoms with Crippen LogP contribution in [0.1, 0.15) is 12.8 Å². The third-order valence-electron chi connectivity index (χ3n) is 2.41. The fraction of sp³-hybridized carbons (Fsp3) is 0.444. The summed E-state index contributed by atoms with van der Waals surface area (Å²) in [5.74, 6) is 0.603. The van der Waals surface area contributed by atoms with E-state index in [1.807, 2.05) is 4.90 Å². The number of aromatic nitrogens is 1. The lowest BCUT2D eigenvalue weighted by Gasteiger charge is -2.15. The van der Waals surface area contributed by atoms with Crippen molar-refractivity contribution >= 4 is 23.1 Å². The van der Waals surface area contributed by atoms with E-state index in [9.17, 15) is 10.1 Å². The van der Waals surface area contributed by atoms with Crippen LogP contribution in [0.25, 0.3) is 0 Å².